The van der Waals surface area contributed by atoms with Crippen LogP contribution in [0.15, 0.2) is 24.3 Å². The van der Waals surface area contributed by atoms with Crippen LogP contribution in [0.1, 0.15) is 57.8 Å². The van der Waals surface area contributed by atoms with E-state index in [9.17, 15) is 9.59 Å². The number of urea groups is 1. The molecule has 1 fully saturated rings. The molecular formula is C18H27N3O2. The zero-order valence-corrected chi connectivity index (χ0v) is 14.6. The van der Waals surface area contributed by atoms with Gasteiger partial charge >= 0.3 is 6.03 Å². The Balaban J connectivity index is 1.99. The highest BCUT2D eigenvalue weighted by Gasteiger charge is 2.38. The maximum Gasteiger partial charge on any atom is 0.319 e. The molecule has 3 N–H and O–H groups in total. The van der Waals surface area contributed by atoms with Crippen molar-refractivity contribution in [3.63, 3.8) is 0 Å². The average Bonchev–Trinajstić information content (AvgIpc) is 2.34. The first-order valence-corrected chi connectivity index (χ1v) is 8.04. The topological polar surface area (TPSA) is 70.2 Å². The lowest BCUT2D eigenvalue weighted by molar-refractivity contribution is 0.101. The van der Waals surface area contributed by atoms with Gasteiger partial charge in [-0.15, -0.1) is 0 Å². The fourth-order valence-electron chi connectivity index (χ4n) is 3.59. The van der Waals surface area contributed by atoms with Gasteiger partial charge in [0.25, 0.3) is 0 Å². The second-order valence-corrected chi connectivity index (χ2v) is 7.73. The minimum Gasteiger partial charge on any atom is -0.335 e. The van der Waals surface area contributed by atoms with Crippen LogP contribution in [-0.2, 0) is 0 Å². The van der Waals surface area contributed by atoms with Crippen molar-refractivity contribution in [1.82, 2.24) is 10.6 Å². The van der Waals surface area contributed by atoms with Crippen LogP contribution in [0.4, 0.5) is 10.5 Å². The molecule has 5 heteroatoms. The standard InChI is InChI=1S/C18H27N3O2/c1-12(22)13-7-6-8-14(9-13)19-16(23)20-15-10-17(2,3)21-18(4,5)11-15/h6-9,15,21H,10-11H2,1-5H3,(H2,19,20,23). The Morgan fingerprint density at radius 3 is 2.30 bits per heavy atom. The molecule has 1 saturated heterocycles. The monoisotopic (exact) mass is 317 g/mol. The van der Waals surface area contributed by atoms with Gasteiger partial charge in [0.2, 0.25) is 0 Å². The van der Waals surface area contributed by atoms with Crippen LogP contribution >= 0.6 is 0 Å². The van der Waals surface area contributed by atoms with E-state index >= 15 is 0 Å². The van der Waals surface area contributed by atoms with Crippen LogP contribution in [0, 0.1) is 0 Å². The minimum atomic E-state index is -0.232. The Hall–Kier alpha value is -1.88. The van der Waals surface area contributed by atoms with E-state index in [-0.39, 0.29) is 28.9 Å². The van der Waals surface area contributed by atoms with E-state index in [2.05, 4.69) is 43.6 Å². The van der Waals surface area contributed by atoms with Crippen molar-refractivity contribution in [2.24, 2.45) is 0 Å². The molecule has 0 spiro atoms. The first-order valence-electron chi connectivity index (χ1n) is 8.04. The third kappa shape index (κ3) is 5.06. The van der Waals surface area contributed by atoms with Gasteiger partial charge in [-0.3, -0.25) is 4.79 Å². The zero-order chi connectivity index (χ0) is 17.3. The molecule has 0 aromatic heterocycles. The lowest BCUT2D eigenvalue weighted by Gasteiger charge is -2.46. The number of carbonyl (C=O) groups is 2. The summed E-state index contributed by atoms with van der Waals surface area (Å²) in [5, 5.41) is 9.46. The first kappa shape index (κ1) is 17.5. The number of Topliss-reactive ketones (excluding diaryl/α,β-unsaturated/α-hetero) is 1. The number of benzene rings is 1. The third-order valence-corrected chi connectivity index (χ3v) is 4.05. The van der Waals surface area contributed by atoms with Gasteiger partial charge in [-0.05, 0) is 59.6 Å². The van der Waals surface area contributed by atoms with Gasteiger partial charge < -0.3 is 16.0 Å². The number of anilines is 1. The van der Waals surface area contributed by atoms with E-state index in [0.29, 0.717) is 11.3 Å². The van der Waals surface area contributed by atoms with Gasteiger partial charge in [-0.2, -0.15) is 0 Å². The molecule has 1 aliphatic rings. The molecule has 1 heterocycles. The van der Waals surface area contributed by atoms with Gasteiger partial charge in [-0.25, -0.2) is 4.79 Å². The fourth-order valence-corrected chi connectivity index (χ4v) is 3.59. The van der Waals surface area contributed by atoms with Gasteiger partial charge in [0.05, 0.1) is 0 Å². The largest absolute Gasteiger partial charge is 0.335 e. The van der Waals surface area contributed by atoms with E-state index in [1.165, 1.54) is 6.92 Å². The molecule has 5 nitrogen and oxygen atoms in total. The van der Waals surface area contributed by atoms with E-state index in [4.69, 9.17) is 0 Å². The maximum atomic E-state index is 12.3. The number of ketones is 1. The summed E-state index contributed by atoms with van der Waals surface area (Å²) in [7, 11) is 0. The molecular weight excluding hydrogens is 290 g/mol. The third-order valence-electron chi connectivity index (χ3n) is 4.05. The molecule has 1 aromatic carbocycles. The number of carbonyl (C=O) groups excluding carboxylic acids is 2. The van der Waals surface area contributed by atoms with Crippen molar-refractivity contribution in [1.29, 1.82) is 0 Å². The highest BCUT2D eigenvalue weighted by Crippen LogP contribution is 2.28. The summed E-state index contributed by atoms with van der Waals surface area (Å²) in [5.41, 5.74) is 1.18. The average molecular weight is 317 g/mol. The molecule has 2 rings (SSSR count). The van der Waals surface area contributed by atoms with Crippen LogP contribution in [0.2, 0.25) is 0 Å². The van der Waals surface area contributed by atoms with Crippen LogP contribution < -0.4 is 16.0 Å². The highest BCUT2D eigenvalue weighted by molar-refractivity contribution is 5.96. The molecule has 1 aliphatic heterocycles. The van der Waals surface area contributed by atoms with Gasteiger partial charge in [0, 0.05) is 28.4 Å². The lowest BCUT2D eigenvalue weighted by atomic mass is 9.80. The molecule has 0 atom stereocenters. The Morgan fingerprint density at radius 2 is 1.74 bits per heavy atom. The van der Waals surface area contributed by atoms with E-state index < -0.39 is 0 Å². The Kier molecular flexibility index (Phi) is 4.80. The van der Waals surface area contributed by atoms with Crippen LogP contribution in [-0.4, -0.2) is 28.9 Å². The summed E-state index contributed by atoms with van der Waals surface area (Å²) in [4.78, 5) is 23.7. The number of nitrogens with one attached hydrogen (secondary N) is 3. The number of piperidine rings is 1. The van der Waals surface area contributed by atoms with Crippen LogP contribution in [0.25, 0.3) is 0 Å². The Bertz CT molecular complexity index is 592. The number of amides is 2. The zero-order valence-electron chi connectivity index (χ0n) is 14.6. The molecule has 126 valence electrons. The summed E-state index contributed by atoms with van der Waals surface area (Å²) in [6.45, 7) is 10.1. The van der Waals surface area contributed by atoms with Gasteiger partial charge in [0.1, 0.15) is 0 Å². The molecule has 1 aromatic rings. The summed E-state index contributed by atoms with van der Waals surface area (Å²) < 4.78 is 0. The molecule has 0 unspecified atom stereocenters. The Morgan fingerprint density at radius 1 is 1.13 bits per heavy atom. The van der Waals surface area contributed by atoms with Crippen LogP contribution in [0.3, 0.4) is 0 Å². The normalized spacial score (nSPS) is 19.9. The van der Waals surface area contributed by atoms with Crippen molar-refractivity contribution in [3.8, 4) is 0 Å². The molecule has 0 radical (unpaired) electrons. The molecule has 0 aliphatic carbocycles. The summed E-state index contributed by atoms with van der Waals surface area (Å²) >= 11 is 0. The van der Waals surface area contributed by atoms with E-state index in [0.717, 1.165) is 12.8 Å². The first-order chi connectivity index (χ1) is 10.6. The lowest BCUT2D eigenvalue weighted by Crippen LogP contribution is -2.62. The summed E-state index contributed by atoms with van der Waals surface area (Å²) in [6.07, 6.45) is 1.74. The van der Waals surface area contributed by atoms with Gasteiger partial charge in [0.15, 0.2) is 5.78 Å². The molecule has 23 heavy (non-hydrogen) atoms. The SMILES string of the molecule is CC(=O)c1cccc(NC(=O)NC2CC(C)(C)NC(C)(C)C2)c1. The van der Waals surface area contributed by atoms with Crippen molar-refractivity contribution < 1.29 is 9.59 Å². The second kappa shape index (κ2) is 6.32. The number of rotatable bonds is 3. The van der Waals surface area contributed by atoms with E-state index in [1.54, 1.807) is 24.3 Å². The second-order valence-electron chi connectivity index (χ2n) is 7.73. The van der Waals surface area contributed by atoms with Crippen molar-refractivity contribution in [3.05, 3.63) is 29.8 Å². The predicted molar refractivity (Wildman–Crippen MR) is 92.9 cm³/mol. The van der Waals surface area contributed by atoms with Crippen LogP contribution in [0.5, 0.6) is 0 Å². The number of hydrogen-bond acceptors (Lipinski definition) is 3. The van der Waals surface area contributed by atoms with Gasteiger partial charge in [-0.1, -0.05) is 12.1 Å². The van der Waals surface area contributed by atoms with E-state index in [1.807, 2.05) is 0 Å². The summed E-state index contributed by atoms with van der Waals surface area (Å²) in [6, 6.07) is 6.86. The molecule has 0 bridgehead atoms. The maximum absolute atomic E-state index is 12.3. The van der Waals surface area contributed by atoms with Crippen molar-refractivity contribution in [2.45, 2.75) is 64.6 Å². The Labute approximate surface area is 138 Å². The van der Waals surface area contributed by atoms with Crippen molar-refractivity contribution >= 4 is 17.5 Å². The highest BCUT2D eigenvalue weighted by atomic mass is 16.2. The fraction of sp³-hybridized carbons (Fsp3) is 0.556. The smallest absolute Gasteiger partial charge is 0.319 e. The molecule has 0 saturated carbocycles. The number of hydrogen-bond donors (Lipinski definition) is 3. The predicted octanol–water partition coefficient (Wildman–Crippen LogP) is 3.32. The quantitative estimate of drug-likeness (QED) is 0.749. The molecule has 2 amide bonds. The minimum absolute atomic E-state index is 0.0177. The summed E-state index contributed by atoms with van der Waals surface area (Å²) in [5.74, 6) is -0.0177. The van der Waals surface area contributed by atoms with Crippen molar-refractivity contribution in [2.75, 3.05) is 5.32 Å².